The molecule has 1 amide bonds. The second-order valence-corrected chi connectivity index (χ2v) is 10.5. The topological polar surface area (TPSA) is 98.6 Å². The molecule has 1 saturated heterocycles. The zero-order valence-electron chi connectivity index (χ0n) is 23.1. The summed E-state index contributed by atoms with van der Waals surface area (Å²) >= 11 is 0. The lowest BCUT2D eigenvalue weighted by atomic mass is 9.89. The van der Waals surface area contributed by atoms with Crippen LogP contribution >= 0.6 is 0 Å². The molecular formula is C30H36N6O3. The zero-order chi connectivity index (χ0) is 27.7. The van der Waals surface area contributed by atoms with Gasteiger partial charge in [-0.15, -0.1) is 0 Å². The van der Waals surface area contributed by atoms with Crippen LogP contribution in [-0.4, -0.2) is 64.1 Å². The average molecular weight is 529 g/mol. The molecule has 4 heterocycles. The van der Waals surface area contributed by atoms with E-state index in [1.165, 1.54) is 5.56 Å². The number of aromatic nitrogens is 3. The molecule has 4 aromatic rings. The standard InChI is InChI=1S/C30H36N6O3/c1-33(2)29(37)22-7-5-20(6-8-22)21-10-14-35(15-11-21)18-23-17-24-27(9-13-32-28(24)34(23)3)36-16-12-26(31)25(19-39-4)30(36)38/h5-9,12-13,16-17,21H,10-11,14-15,18-19,31H2,1-4H3. The number of hydrogen-bond acceptors (Lipinski definition) is 6. The number of ether oxygens (including phenoxy) is 1. The molecular weight excluding hydrogens is 492 g/mol. The van der Waals surface area contributed by atoms with Gasteiger partial charge in [0, 0.05) is 69.5 Å². The predicted molar refractivity (Wildman–Crippen MR) is 153 cm³/mol. The maximum Gasteiger partial charge on any atom is 0.262 e. The fraction of sp³-hybridized carbons (Fsp3) is 0.367. The first kappa shape index (κ1) is 26.6. The van der Waals surface area contributed by atoms with Crippen molar-refractivity contribution in [3.8, 4) is 5.69 Å². The van der Waals surface area contributed by atoms with E-state index in [1.807, 2.05) is 25.2 Å². The van der Waals surface area contributed by atoms with E-state index >= 15 is 0 Å². The quantitative estimate of drug-likeness (QED) is 0.394. The largest absolute Gasteiger partial charge is 0.398 e. The summed E-state index contributed by atoms with van der Waals surface area (Å²) in [5.74, 6) is 0.518. The minimum Gasteiger partial charge on any atom is -0.398 e. The SMILES string of the molecule is COCc1c(N)ccn(-c2ccnc3c2cc(CN2CCC(c4ccc(C(=O)N(C)C)cc4)CC2)n3C)c1=O. The maximum atomic E-state index is 13.2. The number of aryl methyl sites for hydroxylation is 1. The van der Waals surface area contributed by atoms with E-state index in [0.29, 0.717) is 17.2 Å². The lowest BCUT2D eigenvalue weighted by molar-refractivity contribution is 0.0827. The van der Waals surface area contributed by atoms with Crippen molar-refractivity contribution in [2.24, 2.45) is 7.05 Å². The summed E-state index contributed by atoms with van der Waals surface area (Å²) in [4.78, 5) is 34.1. The first-order valence-corrected chi connectivity index (χ1v) is 13.2. The van der Waals surface area contributed by atoms with E-state index in [9.17, 15) is 9.59 Å². The summed E-state index contributed by atoms with van der Waals surface area (Å²) in [6.45, 7) is 2.94. The molecule has 0 aliphatic carbocycles. The number of benzene rings is 1. The van der Waals surface area contributed by atoms with Gasteiger partial charge in [0.05, 0.1) is 17.9 Å². The molecule has 5 rings (SSSR count). The smallest absolute Gasteiger partial charge is 0.262 e. The van der Waals surface area contributed by atoms with E-state index in [4.69, 9.17) is 10.5 Å². The molecule has 9 nitrogen and oxygen atoms in total. The molecule has 1 aliphatic rings. The summed E-state index contributed by atoms with van der Waals surface area (Å²) in [6, 6.07) is 13.8. The van der Waals surface area contributed by atoms with Gasteiger partial charge in [0.25, 0.3) is 11.5 Å². The third-order valence-electron chi connectivity index (χ3n) is 7.79. The Kier molecular flexibility index (Phi) is 7.54. The third kappa shape index (κ3) is 5.20. The molecule has 204 valence electrons. The zero-order valence-corrected chi connectivity index (χ0v) is 23.1. The summed E-state index contributed by atoms with van der Waals surface area (Å²) in [5, 5.41) is 0.924. The molecule has 1 aromatic carbocycles. The molecule has 0 atom stereocenters. The van der Waals surface area contributed by atoms with Gasteiger partial charge < -0.3 is 19.9 Å². The van der Waals surface area contributed by atoms with Gasteiger partial charge >= 0.3 is 0 Å². The fourth-order valence-corrected chi connectivity index (χ4v) is 5.50. The first-order chi connectivity index (χ1) is 18.8. The second kappa shape index (κ2) is 11.0. The van der Waals surface area contributed by atoms with Crippen molar-refractivity contribution >= 4 is 22.6 Å². The number of amides is 1. The monoisotopic (exact) mass is 528 g/mol. The molecule has 0 bridgehead atoms. The Morgan fingerprint density at radius 2 is 1.85 bits per heavy atom. The number of pyridine rings is 2. The predicted octanol–water partition coefficient (Wildman–Crippen LogP) is 3.53. The Morgan fingerprint density at radius 1 is 1.13 bits per heavy atom. The Bertz CT molecular complexity index is 1550. The van der Waals surface area contributed by atoms with Crippen molar-refractivity contribution in [3.63, 3.8) is 0 Å². The number of nitrogens with two attached hydrogens (primary N) is 1. The molecule has 39 heavy (non-hydrogen) atoms. The highest BCUT2D eigenvalue weighted by Crippen LogP contribution is 2.30. The number of carbonyl (C=O) groups excluding carboxylic acids is 1. The minimum absolute atomic E-state index is 0.0284. The normalized spacial score (nSPS) is 14.7. The molecule has 3 aromatic heterocycles. The van der Waals surface area contributed by atoms with Crippen molar-refractivity contribution in [1.82, 2.24) is 23.9 Å². The number of anilines is 1. The Balaban J connectivity index is 1.33. The van der Waals surface area contributed by atoms with Crippen LogP contribution in [0, 0.1) is 0 Å². The molecule has 1 aliphatic heterocycles. The molecule has 1 fully saturated rings. The van der Waals surface area contributed by atoms with Crippen molar-refractivity contribution in [2.75, 3.05) is 40.0 Å². The Morgan fingerprint density at radius 3 is 2.51 bits per heavy atom. The number of hydrogen-bond donors (Lipinski definition) is 1. The summed E-state index contributed by atoms with van der Waals surface area (Å²) < 4.78 is 8.95. The Hall–Kier alpha value is -3.95. The van der Waals surface area contributed by atoms with Crippen LogP contribution in [0.4, 0.5) is 5.69 Å². The number of fused-ring (bicyclic) bond motifs is 1. The van der Waals surface area contributed by atoms with Gasteiger partial charge in [0.1, 0.15) is 5.65 Å². The van der Waals surface area contributed by atoms with Crippen LogP contribution in [0.1, 0.15) is 45.9 Å². The maximum absolute atomic E-state index is 13.2. The van der Waals surface area contributed by atoms with Gasteiger partial charge in [-0.1, -0.05) is 12.1 Å². The van der Waals surface area contributed by atoms with Gasteiger partial charge in [-0.2, -0.15) is 0 Å². The van der Waals surface area contributed by atoms with Crippen LogP contribution in [0.5, 0.6) is 0 Å². The number of carbonyl (C=O) groups is 1. The van der Waals surface area contributed by atoms with Crippen LogP contribution in [0.15, 0.2) is 59.7 Å². The van der Waals surface area contributed by atoms with Gasteiger partial charge in [-0.25, -0.2) is 4.98 Å². The first-order valence-electron chi connectivity index (χ1n) is 13.2. The third-order valence-corrected chi connectivity index (χ3v) is 7.79. The molecule has 0 radical (unpaired) electrons. The molecule has 2 N–H and O–H groups in total. The van der Waals surface area contributed by atoms with Crippen molar-refractivity contribution in [3.05, 3.63) is 87.6 Å². The number of methoxy groups -OCH3 is 1. The van der Waals surface area contributed by atoms with Crippen LogP contribution in [0.25, 0.3) is 16.7 Å². The van der Waals surface area contributed by atoms with Gasteiger partial charge in [-0.05, 0) is 67.7 Å². The molecule has 0 saturated carbocycles. The van der Waals surface area contributed by atoms with E-state index in [0.717, 1.165) is 60.5 Å². The molecule has 0 spiro atoms. The van der Waals surface area contributed by atoms with E-state index < -0.39 is 0 Å². The van der Waals surface area contributed by atoms with Crippen molar-refractivity contribution in [1.29, 1.82) is 0 Å². The number of nitrogens with zero attached hydrogens (tertiary/aromatic N) is 5. The Labute approximate surface area is 228 Å². The van der Waals surface area contributed by atoms with Crippen molar-refractivity contribution < 1.29 is 9.53 Å². The minimum atomic E-state index is -0.184. The van der Waals surface area contributed by atoms with E-state index in [1.54, 1.807) is 49.1 Å². The van der Waals surface area contributed by atoms with Crippen LogP contribution in [0.3, 0.4) is 0 Å². The van der Waals surface area contributed by atoms with Crippen molar-refractivity contribution in [2.45, 2.75) is 31.9 Å². The van der Waals surface area contributed by atoms with Crippen LogP contribution in [0.2, 0.25) is 0 Å². The molecule has 0 unspecified atom stereocenters. The van der Waals surface area contributed by atoms with E-state index in [-0.39, 0.29) is 18.1 Å². The number of rotatable bonds is 7. The highest BCUT2D eigenvalue weighted by atomic mass is 16.5. The second-order valence-electron chi connectivity index (χ2n) is 10.5. The summed E-state index contributed by atoms with van der Waals surface area (Å²) in [6.07, 6.45) is 5.59. The van der Waals surface area contributed by atoms with Crippen LogP contribution in [-0.2, 0) is 24.9 Å². The van der Waals surface area contributed by atoms with Gasteiger partial charge in [0.2, 0.25) is 0 Å². The van der Waals surface area contributed by atoms with Gasteiger partial charge in [-0.3, -0.25) is 19.1 Å². The summed E-state index contributed by atoms with van der Waals surface area (Å²) in [7, 11) is 7.13. The lowest BCUT2D eigenvalue weighted by Gasteiger charge is -2.32. The summed E-state index contributed by atoms with van der Waals surface area (Å²) in [5.41, 5.74) is 11.5. The molecule has 9 heteroatoms. The highest BCUT2D eigenvalue weighted by Gasteiger charge is 2.23. The van der Waals surface area contributed by atoms with E-state index in [2.05, 4.69) is 32.7 Å². The highest BCUT2D eigenvalue weighted by molar-refractivity contribution is 5.93. The number of nitrogen functional groups attached to an aromatic ring is 1. The fourth-order valence-electron chi connectivity index (χ4n) is 5.50. The number of likely N-dealkylation sites (tertiary alicyclic amines) is 1. The lowest BCUT2D eigenvalue weighted by Crippen LogP contribution is -2.33. The van der Waals surface area contributed by atoms with Crippen LogP contribution < -0.4 is 11.3 Å². The van der Waals surface area contributed by atoms with Gasteiger partial charge in [0.15, 0.2) is 0 Å². The number of piperidine rings is 1. The average Bonchev–Trinajstić information content (AvgIpc) is 3.26.